The van der Waals surface area contributed by atoms with E-state index in [4.69, 9.17) is 0 Å². The van der Waals surface area contributed by atoms with Gasteiger partial charge in [-0.2, -0.15) is 0 Å². The van der Waals surface area contributed by atoms with Gasteiger partial charge in [0.2, 0.25) is 5.82 Å². The van der Waals surface area contributed by atoms with Crippen molar-refractivity contribution in [3.63, 3.8) is 0 Å². The summed E-state index contributed by atoms with van der Waals surface area (Å²) >= 11 is 0. The number of nitrogens with one attached hydrogen (secondary N) is 1. The molecule has 2 N–H and O–H groups in total. The summed E-state index contributed by atoms with van der Waals surface area (Å²) in [6, 6.07) is 16.8. The van der Waals surface area contributed by atoms with E-state index in [9.17, 15) is 9.90 Å². The first-order chi connectivity index (χ1) is 11.6. The van der Waals surface area contributed by atoms with Crippen LogP contribution in [0.5, 0.6) is 0 Å². The highest BCUT2D eigenvalue weighted by molar-refractivity contribution is 6.01. The van der Waals surface area contributed by atoms with Crippen LogP contribution in [0.3, 0.4) is 0 Å². The van der Waals surface area contributed by atoms with Gasteiger partial charge in [-0.15, -0.1) is 5.10 Å². The Morgan fingerprint density at radius 3 is 2.75 bits per heavy atom. The van der Waals surface area contributed by atoms with Crippen LogP contribution in [0.2, 0.25) is 0 Å². The minimum atomic E-state index is -0.708. The molecule has 0 saturated carbocycles. The van der Waals surface area contributed by atoms with Gasteiger partial charge in [0.1, 0.15) is 6.33 Å². The lowest BCUT2D eigenvalue weighted by Gasteiger charge is -2.10. The Morgan fingerprint density at radius 1 is 1.21 bits per heavy atom. The molecule has 0 radical (unpaired) electrons. The van der Waals surface area contributed by atoms with Gasteiger partial charge in [-0.3, -0.25) is 4.79 Å². The molecule has 122 valence electrons. The van der Waals surface area contributed by atoms with E-state index in [1.807, 2.05) is 55.5 Å². The number of aromatic nitrogens is 3. The molecule has 1 amide bonds. The number of aliphatic hydroxyl groups is 1. The zero-order valence-corrected chi connectivity index (χ0v) is 13.3. The molecular formula is C18H18N4O2. The lowest BCUT2D eigenvalue weighted by atomic mass is 10.1. The Morgan fingerprint density at radius 2 is 2.00 bits per heavy atom. The summed E-state index contributed by atoms with van der Waals surface area (Å²) in [4.78, 5) is 16.2. The molecular weight excluding hydrogens is 304 g/mol. The maximum Gasteiger partial charge on any atom is 0.295 e. The van der Waals surface area contributed by atoms with Crippen molar-refractivity contribution in [2.75, 3.05) is 5.32 Å². The molecule has 2 aromatic carbocycles. The summed E-state index contributed by atoms with van der Waals surface area (Å²) in [5.41, 5.74) is 2.54. The second kappa shape index (κ2) is 7.06. The van der Waals surface area contributed by atoms with Crippen LogP contribution >= 0.6 is 0 Å². The molecule has 0 saturated heterocycles. The average molecular weight is 322 g/mol. The van der Waals surface area contributed by atoms with E-state index in [1.54, 1.807) is 6.07 Å². The van der Waals surface area contributed by atoms with Gasteiger partial charge in [0.25, 0.3) is 5.91 Å². The minimum Gasteiger partial charge on any atom is -0.386 e. The van der Waals surface area contributed by atoms with Gasteiger partial charge in [0, 0.05) is 5.69 Å². The summed E-state index contributed by atoms with van der Waals surface area (Å²) in [5, 5.41) is 17.1. The Kier molecular flexibility index (Phi) is 4.67. The van der Waals surface area contributed by atoms with Gasteiger partial charge in [0.05, 0.1) is 12.6 Å². The molecule has 1 heterocycles. The van der Waals surface area contributed by atoms with Gasteiger partial charge in [0.15, 0.2) is 0 Å². The predicted octanol–water partition coefficient (Wildman–Crippen LogP) is 2.57. The third kappa shape index (κ3) is 3.85. The Bertz CT molecular complexity index is 830. The zero-order chi connectivity index (χ0) is 16.9. The molecule has 1 aromatic heterocycles. The third-order valence-corrected chi connectivity index (χ3v) is 3.56. The SMILES string of the molecule is Cc1cccc(NC(=O)c2ncn(CC(O)c3ccccc3)n2)c1. The molecule has 6 heteroatoms. The van der Waals surface area contributed by atoms with Crippen molar-refractivity contribution in [3.8, 4) is 0 Å². The normalized spacial score (nSPS) is 11.9. The van der Waals surface area contributed by atoms with Crippen LogP contribution in [0.4, 0.5) is 5.69 Å². The van der Waals surface area contributed by atoms with Crippen molar-refractivity contribution < 1.29 is 9.90 Å². The van der Waals surface area contributed by atoms with Gasteiger partial charge >= 0.3 is 0 Å². The van der Waals surface area contributed by atoms with Gasteiger partial charge in [-0.05, 0) is 30.2 Å². The number of hydrogen-bond donors (Lipinski definition) is 2. The minimum absolute atomic E-state index is 0.0665. The van der Waals surface area contributed by atoms with E-state index in [0.717, 1.165) is 11.1 Å². The fourth-order valence-electron chi connectivity index (χ4n) is 2.35. The fraction of sp³-hybridized carbons (Fsp3) is 0.167. The number of hydrogen-bond acceptors (Lipinski definition) is 4. The first-order valence-electron chi connectivity index (χ1n) is 7.62. The smallest absolute Gasteiger partial charge is 0.295 e. The first kappa shape index (κ1) is 15.9. The number of benzene rings is 2. The summed E-state index contributed by atoms with van der Waals surface area (Å²) < 4.78 is 1.46. The number of aliphatic hydroxyl groups excluding tert-OH is 1. The summed E-state index contributed by atoms with van der Waals surface area (Å²) in [7, 11) is 0. The highest BCUT2D eigenvalue weighted by Crippen LogP contribution is 2.14. The van der Waals surface area contributed by atoms with E-state index in [1.165, 1.54) is 11.0 Å². The molecule has 0 aliphatic heterocycles. The summed E-state index contributed by atoms with van der Waals surface area (Å²) in [6.45, 7) is 2.18. The molecule has 0 aliphatic carbocycles. The van der Waals surface area contributed by atoms with Crippen LogP contribution in [0, 0.1) is 6.92 Å². The second-order valence-corrected chi connectivity index (χ2v) is 5.54. The highest BCUT2D eigenvalue weighted by Gasteiger charge is 2.14. The summed E-state index contributed by atoms with van der Waals surface area (Å²) in [5.74, 6) is -0.315. The quantitative estimate of drug-likeness (QED) is 0.756. The molecule has 1 unspecified atom stereocenters. The fourth-order valence-corrected chi connectivity index (χ4v) is 2.35. The molecule has 0 bridgehead atoms. The second-order valence-electron chi connectivity index (χ2n) is 5.54. The molecule has 0 fully saturated rings. The van der Waals surface area contributed by atoms with Crippen LogP contribution in [0.1, 0.15) is 27.8 Å². The Balaban J connectivity index is 1.65. The maximum absolute atomic E-state index is 12.2. The first-order valence-corrected chi connectivity index (χ1v) is 7.62. The van der Waals surface area contributed by atoms with Crippen LogP contribution < -0.4 is 5.32 Å². The lowest BCUT2D eigenvalue weighted by molar-refractivity contribution is 0.101. The molecule has 0 spiro atoms. The van der Waals surface area contributed by atoms with E-state index in [-0.39, 0.29) is 18.3 Å². The number of carbonyl (C=O) groups is 1. The zero-order valence-electron chi connectivity index (χ0n) is 13.3. The van der Waals surface area contributed by atoms with Gasteiger partial charge in [-0.1, -0.05) is 42.5 Å². The standard InChI is InChI=1S/C18H18N4O2/c1-13-6-5-9-15(10-13)20-18(24)17-19-12-22(21-17)11-16(23)14-7-3-2-4-8-14/h2-10,12,16,23H,11H2,1H3,(H,20,24). The maximum atomic E-state index is 12.2. The van der Waals surface area contributed by atoms with E-state index in [0.29, 0.717) is 5.69 Å². The average Bonchev–Trinajstić information content (AvgIpc) is 3.04. The molecule has 1 atom stereocenters. The molecule has 3 aromatic rings. The van der Waals surface area contributed by atoms with E-state index in [2.05, 4.69) is 15.4 Å². The monoisotopic (exact) mass is 322 g/mol. The molecule has 0 aliphatic rings. The number of amides is 1. The van der Waals surface area contributed by atoms with Crippen LogP contribution in [0.15, 0.2) is 60.9 Å². The van der Waals surface area contributed by atoms with Crippen LogP contribution in [-0.4, -0.2) is 25.8 Å². The number of rotatable bonds is 5. The topological polar surface area (TPSA) is 80.0 Å². The highest BCUT2D eigenvalue weighted by atomic mass is 16.3. The Hall–Kier alpha value is -2.99. The summed E-state index contributed by atoms with van der Waals surface area (Å²) in [6.07, 6.45) is 0.734. The van der Waals surface area contributed by atoms with Gasteiger partial charge in [-0.25, -0.2) is 9.67 Å². The van der Waals surface area contributed by atoms with Crippen molar-refractivity contribution in [2.24, 2.45) is 0 Å². The number of carbonyl (C=O) groups excluding carboxylic acids is 1. The van der Waals surface area contributed by atoms with E-state index >= 15 is 0 Å². The van der Waals surface area contributed by atoms with Crippen LogP contribution in [-0.2, 0) is 6.54 Å². The largest absolute Gasteiger partial charge is 0.386 e. The molecule has 3 rings (SSSR count). The third-order valence-electron chi connectivity index (χ3n) is 3.56. The van der Waals surface area contributed by atoms with Crippen molar-refractivity contribution in [1.29, 1.82) is 0 Å². The van der Waals surface area contributed by atoms with Crippen molar-refractivity contribution >= 4 is 11.6 Å². The van der Waals surface area contributed by atoms with Crippen molar-refractivity contribution in [3.05, 3.63) is 77.9 Å². The van der Waals surface area contributed by atoms with Crippen molar-refractivity contribution in [2.45, 2.75) is 19.6 Å². The number of nitrogens with zero attached hydrogens (tertiary/aromatic N) is 3. The molecule has 6 nitrogen and oxygen atoms in total. The van der Waals surface area contributed by atoms with Crippen molar-refractivity contribution in [1.82, 2.24) is 14.8 Å². The lowest BCUT2D eigenvalue weighted by Crippen LogP contribution is -2.15. The molecule has 24 heavy (non-hydrogen) atoms. The Labute approximate surface area is 139 Å². The van der Waals surface area contributed by atoms with E-state index < -0.39 is 6.10 Å². The number of anilines is 1. The predicted molar refractivity (Wildman–Crippen MR) is 90.6 cm³/mol. The number of aryl methyl sites for hydroxylation is 1. The van der Waals surface area contributed by atoms with Crippen LogP contribution in [0.25, 0.3) is 0 Å². The van der Waals surface area contributed by atoms with Gasteiger partial charge < -0.3 is 10.4 Å².